The lowest BCUT2D eigenvalue weighted by Crippen LogP contribution is -2.13. The first-order valence-electron chi connectivity index (χ1n) is 8.50. The van der Waals surface area contributed by atoms with Crippen molar-refractivity contribution < 1.29 is 4.79 Å². The SMILES string of the molecule is CSc1ccc(C)c(C(=O)Nc2ccc(-n3cnc4ccccc43)nc2)c1. The molecule has 1 N–H and O–H groups in total. The lowest BCUT2D eigenvalue weighted by atomic mass is 10.1. The number of aromatic nitrogens is 3. The number of aryl methyl sites for hydroxylation is 1. The van der Waals surface area contributed by atoms with E-state index in [9.17, 15) is 4.79 Å². The van der Waals surface area contributed by atoms with E-state index in [1.54, 1.807) is 24.3 Å². The molecular formula is C21H18N4OS. The minimum Gasteiger partial charge on any atom is -0.321 e. The second-order valence-electron chi connectivity index (χ2n) is 6.14. The molecule has 5 nitrogen and oxygen atoms in total. The molecule has 4 rings (SSSR count). The molecule has 1 amide bonds. The van der Waals surface area contributed by atoms with Crippen LogP contribution in [0.15, 0.2) is 72.0 Å². The van der Waals surface area contributed by atoms with E-state index in [0.29, 0.717) is 11.3 Å². The number of nitrogens with zero attached hydrogens (tertiary/aromatic N) is 3. The van der Waals surface area contributed by atoms with Crippen molar-refractivity contribution in [3.8, 4) is 5.82 Å². The number of benzene rings is 2. The fourth-order valence-corrected chi connectivity index (χ4v) is 3.36. The summed E-state index contributed by atoms with van der Waals surface area (Å²) in [6, 6.07) is 17.5. The van der Waals surface area contributed by atoms with Crippen LogP contribution in [0.1, 0.15) is 15.9 Å². The van der Waals surface area contributed by atoms with E-state index in [1.807, 2.05) is 72.3 Å². The third kappa shape index (κ3) is 3.44. The molecular weight excluding hydrogens is 356 g/mol. The molecule has 0 aliphatic heterocycles. The molecule has 2 aromatic heterocycles. The van der Waals surface area contributed by atoms with Gasteiger partial charge in [0.2, 0.25) is 0 Å². The van der Waals surface area contributed by atoms with Crippen molar-refractivity contribution in [2.45, 2.75) is 11.8 Å². The van der Waals surface area contributed by atoms with Gasteiger partial charge < -0.3 is 5.32 Å². The maximum atomic E-state index is 12.6. The Morgan fingerprint density at radius 3 is 2.70 bits per heavy atom. The molecule has 0 spiro atoms. The Labute approximate surface area is 161 Å². The van der Waals surface area contributed by atoms with Gasteiger partial charge in [0, 0.05) is 10.5 Å². The number of pyridine rings is 1. The zero-order chi connectivity index (χ0) is 18.8. The summed E-state index contributed by atoms with van der Waals surface area (Å²) < 4.78 is 1.92. The maximum absolute atomic E-state index is 12.6. The molecule has 134 valence electrons. The van der Waals surface area contributed by atoms with Crippen LogP contribution < -0.4 is 5.32 Å². The van der Waals surface area contributed by atoms with Crippen molar-refractivity contribution in [1.82, 2.24) is 14.5 Å². The molecule has 0 radical (unpaired) electrons. The molecule has 0 aliphatic rings. The predicted octanol–water partition coefficient (Wildman–Crippen LogP) is 4.70. The lowest BCUT2D eigenvalue weighted by Gasteiger charge is -2.10. The molecule has 0 aliphatic carbocycles. The molecule has 0 atom stereocenters. The highest BCUT2D eigenvalue weighted by Gasteiger charge is 2.11. The van der Waals surface area contributed by atoms with Gasteiger partial charge in [0.25, 0.3) is 5.91 Å². The Bertz CT molecular complexity index is 1120. The number of carbonyl (C=O) groups excluding carboxylic acids is 1. The minimum atomic E-state index is -0.133. The van der Waals surface area contributed by atoms with Gasteiger partial charge in [-0.15, -0.1) is 11.8 Å². The zero-order valence-electron chi connectivity index (χ0n) is 15.0. The number of carbonyl (C=O) groups is 1. The third-order valence-electron chi connectivity index (χ3n) is 4.40. The first-order chi connectivity index (χ1) is 13.2. The summed E-state index contributed by atoms with van der Waals surface area (Å²) in [6.45, 7) is 1.94. The number of hydrogen-bond acceptors (Lipinski definition) is 4. The number of thioether (sulfide) groups is 1. The van der Waals surface area contributed by atoms with Crippen molar-refractivity contribution >= 4 is 34.4 Å². The number of para-hydroxylation sites is 2. The Balaban J connectivity index is 1.57. The Morgan fingerprint density at radius 1 is 1.07 bits per heavy atom. The number of hydrogen-bond donors (Lipinski definition) is 1. The maximum Gasteiger partial charge on any atom is 0.256 e. The number of anilines is 1. The van der Waals surface area contributed by atoms with Gasteiger partial charge in [-0.3, -0.25) is 9.36 Å². The van der Waals surface area contributed by atoms with Crippen LogP contribution in [0, 0.1) is 6.92 Å². The summed E-state index contributed by atoms with van der Waals surface area (Å²) in [5, 5.41) is 2.92. The average Bonchev–Trinajstić information content (AvgIpc) is 3.13. The summed E-state index contributed by atoms with van der Waals surface area (Å²) in [5.41, 5.74) is 4.18. The summed E-state index contributed by atoms with van der Waals surface area (Å²) in [4.78, 5) is 22.6. The zero-order valence-corrected chi connectivity index (χ0v) is 15.8. The molecule has 0 saturated heterocycles. The highest BCUT2D eigenvalue weighted by Crippen LogP contribution is 2.21. The van der Waals surface area contributed by atoms with Crippen LogP contribution in [0.5, 0.6) is 0 Å². The predicted molar refractivity (Wildman–Crippen MR) is 110 cm³/mol. The number of amides is 1. The van der Waals surface area contributed by atoms with E-state index in [0.717, 1.165) is 27.3 Å². The number of fused-ring (bicyclic) bond motifs is 1. The first kappa shape index (κ1) is 17.3. The van der Waals surface area contributed by atoms with E-state index in [4.69, 9.17) is 0 Å². The monoisotopic (exact) mass is 374 g/mol. The van der Waals surface area contributed by atoms with Crippen LogP contribution in [-0.2, 0) is 0 Å². The van der Waals surface area contributed by atoms with E-state index in [2.05, 4.69) is 15.3 Å². The average molecular weight is 374 g/mol. The summed E-state index contributed by atoms with van der Waals surface area (Å²) >= 11 is 1.62. The van der Waals surface area contributed by atoms with Crippen LogP contribution in [0.25, 0.3) is 16.9 Å². The van der Waals surface area contributed by atoms with Gasteiger partial charge in [0.1, 0.15) is 12.1 Å². The molecule has 0 unspecified atom stereocenters. The van der Waals surface area contributed by atoms with Gasteiger partial charge in [0.05, 0.1) is 22.9 Å². The van der Waals surface area contributed by atoms with Gasteiger partial charge in [-0.25, -0.2) is 9.97 Å². The van der Waals surface area contributed by atoms with Gasteiger partial charge in [-0.2, -0.15) is 0 Å². The van der Waals surface area contributed by atoms with E-state index >= 15 is 0 Å². The molecule has 2 aromatic carbocycles. The fourth-order valence-electron chi connectivity index (χ4n) is 2.92. The molecule has 4 aromatic rings. The van der Waals surface area contributed by atoms with Crippen LogP contribution in [0.4, 0.5) is 5.69 Å². The van der Waals surface area contributed by atoms with Gasteiger partial charge in [-0.05, 0) is 55.1 Å². The van der Waals surface area contributed by atoms with Crippen LogP contribution in [0.2, 0.25) is 0 Å². The van der Waals surface area contributed by atoms with Gasteiger partial charge in [0.15, 0.2) is 0 Å². The van der Waals surface area contributed by atoms with Gasteiger partial charge >= 0.3 is 0 Å². The normalized spacial score (nSPS) is 10.9. The lowest BCUT2D eigenvalue weighted by molar-refractivity contribution is 0.102. The Kier molecular flexibility index (Phi) is 4.64. The van der Waals surface area contributed by atoms with Crippen LogP contribution >= 0.6 is 11.8 Å². The van der Waals surface area contributed by atoms with Crippen molar-refractivity contribution in [1.29, 1.82) is 0 Å². The standard InChI is InChI=1S/C21H18N4OS/c1-14-7-9-16(27-2)11-17(14)21(26)24-15-8-10-20(22-12-15)25-13-23-18-5-3-4-6-19(18)25/h3-13H,1-2H3,(H,24,26). The summed E-state index contributed by atoms with van der Waals surface area (Å²) in [7, 11) is 0. The third-order valence-corrected chi connectivity index (χ3v) is 5.12. The molecule has 6 heteroatoms. The van der Waals surface area contributed by atoms with Crippen molar-refractivity contribution in [3.63, 3.8) is 0 Å². The second kappa shape index (κ2) is 7.25. The van der Waals surface area contributed by atoms with Crippen LogP contribution in [-0.4, -0.2) is 26.7 Å². The molecule has 27 heavy (non-hydrogen) atoms. The van der Waals surface area contributed by atoms with Crippen molar-refractivity contribution in [2.24, 2.45) is 0 Å². The topological polar surface area (TPSA) is 59.8 Å². The number of nitrogens with one attached hydrogen (secondary N) is 1. The van der Waals surface area contributed by atoms with Crippen molar-refractivity contribution in [2.75, 3.05) is 11.6 Å². The van der Waals surface area contributed by atoms with E-state index < -0.39 is 0 Å². The number of rotatable bonds is 4. The van der Waals surface area contributed by atoms with E-state index in [-0.39, 0.29) is 5.91 Å². The van der Waals surface area contributed by atoms with Crippen LogP contribution in [0.3, 0.4) is 0 Å². The molecule has 0 fully saturated rings. The largest absolute Gasteiger partial charge is 0.321 e. The highest BCUT2D eigenvalue weighted by molar-refractivity contribution is 7.98. The molecule has 0 saturated carbocycles. The highest BCUT2D eigenvalue weighted by atomic mass is 32.2. The second-order valence-corrected chi connectivity index (χ2v) is 7.02. The number of imidazole rings is 1. The fraction of sp³-hybridized carbons (Fsp3) is 0.0952. The quantitative estimate of drug-likeness (QED) is 0.526. The van der Waals surface area contributed by atoms with Crippen molar-refractivity contribution in [3.05, 3.63) is 78.2 Å². The summed E-state index contributed by atoms with van der Waals surface area (Å²) in [6.07, 6.45) is 5.41. The Morgan fingerprint density at radius 2 is 1.93 bits per heavy atom. The summed E-state index contributed by atoms with van der Waals surface area (Å²) in [5.74, 6) is 0.619. The van der Waals surface area contributed by atoms with Gasteiger partial charge in [-0.1, -0.05) is 18.2 Å². The Hall–Kier alpha value is -3.12. The van der Waals surface area contributed by atoms with E-state index in [1.165, 1.54) is 0 Å². The molecule has 0 bridgehead atoms. The molecule has 2 heterocycles. The minimum absolute atomic E-state index is 0.133. The first-order valence-corrected chi connectivity index (χ1v) is 9.73. The smallest absolute Gasteiger partial charge is 0.256 e.